The van der Waals surface area contributed by atoms with E-state index in [0.717, 1.165) is 24.3 Å². The first-order valence-electron chi connectivity index (χ1n) is 9.01. The Hall–Kier alpha value is -3.52. The van der Waals surface area contributed by atoms with Crippen LogP contribution in [0.5, 0.6) is 0 Å². The van der Waals surface area contributed by atoms with Gasteiger partial charge in [0, 0.05) is 19.3 Å². The number of fused-ring (bicyclic) bond motifs is 1. The van der Waals surface area contributed by atoms with Gasteiger partial charge in [0.05, 0.1) is 12.2 Å². The third-order valence-corrected chi connectivity index (χ3v) is 4.47. The molecule has 1 aromatic carbocycles. The molecule has 142 valence electrons. The van der Waals surface area contributed by atoms with Crippen LogP contribution < -0.4 is 16.7 Å². The van der Waals surface area contributed by atoms with Crippen LogP contribution in [0.1, 0.15) is 22.6 Å². The number of nitrogens with zero attached hydrogens (tertiary/aromatic N) is 4. The van der Waals surface area contributed by atoms with Crippen molar-refractivity contribution in [2.75, 3.05) is 5.73 Å². The number of anilines is 1. The summed E-state index contributed by atoms with van der Waals surface area (Å²) in [6.07, 6.45) is 1.82. The standard InChI is InChI=1S/C20H21N7O/c1-13-24-18(21)17-19(25-13)27(20(28)26-17)12-16-8-7-15(11-23-16)10-22-9-14-5-3-2-4-6-14/h2-8,11,22H,9-10,12H2,1H3,(H,26,28)(H2,21,24,25). The van der Waals surface area contributed by atoms with Gasteiger partial charge in [-0.05, 0) is 24.1 Å². The number of H-pyrrole nitrogens is 1. The lowest BCUT2D eigenvalue weighted by atomic mass is 10.2. The molecule has 4 rings (SSSR count). The first kappa shape index (κ1) is 17.9. The molecule has 4 aromatic rings. The lowest BCUT2D eigenvalue weighted by Crippen LogP contribution is -2.18. The monoisotopic (exact) mass is 375 g/mol. The van der Waals surface area contributed by atoms with Crippen molar-refractivity contribution in [2.24, 2.45) is 0 Å². The van der Waals surface area contributed by atoms with E-state index in [1.54, 1.807) is 6.92 Å². The Morgan fingerprint density at radius 3 is 2.61 bits per heavy atom. The lowest BCUT2D eigenvalue weighted by molar-refractivity contribution is 0.688. The summed E-state index contributed by atoms with van der Waals surface area (Å²) in [6, 6.07) is 14.2. The summed E-state index contributed by atoms with van der Waals surface area (Å²) in [5.41, 5.74) is 9.63. The Kier molecular flexibility index (Phi) is 4.86. The van der Waals surface area contributed by atoms with Crippen molar-refractivity contribution in [1.82, 2.24) is 29.8 Å². The van der Waals surface area contributed by atoms with E-state index >= 15 is 0 Å². The molecular formula is C20H21N7O. The van der Waals surface area contributed by atoms with Gasteiger partial charge in [-0.3, -0.25) is 9.55 Å². The van der Waals surface area contributed by atoms with Gasteiger partial charge in [0.2, 0.25) is 0 Å². The highest BCUT2D eigenvalue weighted by atomic mass is 16.1. The number of rotatable bonds is 6. The van der Waals surface area contributed by atoms with Gasteiger partial charge < -0.3 is 16.0 Å². The first-order chi connectivity index (χ1) is 13.6. The van der Waals surface area contributed by atoms with Crippen molar-refractivity contribution in [3.63, 3.8) is 0 Å². The largest absolute Gasteiger partial charge is 0.382 e. The van der Waals surface area contributed by atoms with Crippen molar-refractivity contribution in [3.05, 3.63) is 81.8 Å². The third kappa shape index (κ3) is 3.77. The minimum absolute atomic E-state index is 0.270. The van der Waals surface area contributed by atoms with Crippen molar-refractivity contribution < 1.29 is 0 Å². The van der Waals surface area contributed by atoms with E-state index in [9.17, 15) is 4.79 Å². The Morgan fingerprint density at radius 2 is 1.86 bits per heavy atom. The van der Waals surface area contributed by atoms with Gasteiger partial charge in [-0.15, -0.1) is 0 Å². The first-order valence-corrected chi connectivity index (χ1v) is 9.01. The molecule has 0 spiro atoms. The molecule has 8 nitrogen and oxygen atoms in total. The van der Waals surface area contributed by atoms with Crippen LogP contribution in [0.2, 0.25) is 0 Å². The average molecular weight is 375 g/mol. The van der Waals surface area contributed by atoms with Crippen LogP contribution in [0.15, 0.2) is 53.5 Å². The van der Waals surface area contributed by atoms with E-state index in [4.69, 9.17) is 5.73 Å². The van der Waals surface area contributed by atoms with E-state index in [1.165, 1.54) is 10.1 Å². The molecule has 0 saturated carbocycles. The molecule has 3 aromatic heterocycles. The Bertz CT molecular complexity index is 1150. The number of pyridine rings is 1. The zero-order valence-electron chi connectivity index (χ0n) is 15.5. The second-order valence-electron chi connectivity index (χ2n) is 6.62. The highest BCUT2D eigenvalue weighted by molar-refractivity contribution is 5.81. The van der Waals surface area contributed by atoms with Crippen LogP contribution in [0.25, 0.3) is 11.2 Å². The van der Waals surface area contributed by atoms with E-state index in [1.807, 2.05) is 36.5 Å². The Labute approximate surface area is 161 Å². The predicted molar refractivity (Wildman–Crippen MR) is 108 cm³/mol. The van der Waals surface area contributed by atoms with Crippen LogP contribution in [-0.2, 0) is 19.6 Å². The zero-order chi connectivity index (χ0) is 19.5. The van der Waals surface area contributed by atoms with Gasteiger partial charge in [-0.1, -0.05) is 36.4 Å². The van der Waals surface area contributed by atoms with E-state index in [2.05, 4.69) is 37.4 Å². The SMILES string of the molecule is Cc1nc(N)c2[nH]c(=O)n(Cc3ccc(CNCc4ccccc4)cn3)c2n1. The number of aromatic nitrogens is 5. The highest BCUT2D eigenvalue weighted by Gasteiger charge is 2.13. The molecule has 0 aliphatic carbocycles. The molecule has 0 saturated heterocycles. The number of aromatic amines is 1. The maximum atomic E-state index is 12.3. The summed E-state index contributed by atoms with van der Waals surface area (Å²) < 4.78 is 1.52. The van der Waals surface area contributed by atoms with E-state index in [0.29, 0.717) is 23.5 Å². The number of hydrogen-bond donors (Lipinski definition) is 3. The van der Waals surface area contributed by atoms with Crippen LogP contribution in [0, 0.1) is 6.92 Å². The van der Waals surface area contributed by atoms with Gasteiger partial charge >= 0.3 is 5.69 Å². The second kappa shape index (κ2) is 7.61. The quantitative estimate of drug-likeness (QED) is 0.473. The zero-order valence-corrected chi connectivity index (χ0v) is 15.5. The third-order valence-electron chi connectivity index (χ3n) is 4.47. The minimum Gasteiger partial charge on any atom is -0.382 e. The number of hydrogen-bond acceptors (Lipinski definition) is 6. The molecule has 0 unspecified atom stereocenters. The van der Waals surface area contributed by atoms with Crippen molar-refractivity contribution in [2.45, 2.75) is 26.6 Å². The summed E-state index contributed by atoms with van der Waals surface area (Å²) in [4.78, 5) is 27.9. The van der Waals surface area contributed by atoms with E-state index in [-0.39, 0.29) is 11.5 Å². The highest BCUT2D eigenvalue weighted by Crippen LogP contribution is 2.14. The predicted octanol–water partition coefficient (Wildman–Crippen LogP) is 1.74. The number of nitrogen functional groups attached to an aromatic ring is 1. The van der Waals surface area contributed by atoms with Gasteiger partial charge in [0.1, 0.15) is 11.3 Å². The number of nitrogens with two attached hydrogens (primary N) is 1. The number of benzene rings is 1. The summed E-state index contributed by atoms with van der Waals surface area (Å²) in [5, 5.41) is 3.40. The molecule has 0 aliphatic rings. The van der Waals surface area contributed by atoms with E-state index < -0.39 is 0 Å². The molecule has 0 bridgehead atoms. The van der Waals surface area contributed by atoms with Crippen LogP contribution in [0.4, 0.5) is 5.82 Å². The average Bonchev–Trinajstić information content (AvgIpc) is 3.00. The summed E-state index contributed by atoms with van der Waals surface area (Å²) in [7, 11) is 0. The molecule has 4 N–H and O–H groups in total. The summed E-state index contributed by atoms with van der Waals surface area (Å²) in [6.45, 7) is 3.57. The fraction of sp³-hybridized carbons (Fsp3) is 0.200. The van der Waals surface area contributed by atoms with Crippen LogP contribution in [0.3, 0.4) is 0 Å². The molecule has 28 heavy (non-hydrogen) atoms. The smallest absolute Gasteiger partial charge is 0.328 e. The van der Waals surface area contributed by atoms with Gasteiger partial charge in [0.25, 0.3) is 0 Å². The molecule has 0 atom stereocenters. The molecule has 0 amide bonds. The molecule has 3 heterocycles. The summed E-state index contributed by atoms with van der Waals surface area (Å²) >= 11 is 0. The molecular weight excluding hydrogens is 354 g/mol. The minimum atomic E-state index is -0.281. The maximum Gasteiger partial charge on any atom is 0.328 e. The fourth-order valence-corrected chi connectivity index (χ4v) is 3.07. The van der Waals surface area contributed by atoms with Crippen LogP contribution in [-0.4, -0.2) is 24.5 Å². The van der Waals surface area contributed by atoms with Gasteiger partial charge in [-0.25, -0.2) is 14.8 Å². The maximum absolute atomic E-state index is 12.3. The number of nitrogens with one attached hydrogen (secondary N) is 2. The number of imidazole rings is 1. The molecule has 0 radical (unpaired) electrons. The van der Waals surface area contributed by atoms with Crippen molar-refractivity contribution >= 4 is 17.0 Å². The lowest BCUT2D eigenvalue weighted by Gasteiger charge is -2.07. The van der Waals surface area contributed by atoms with Gasteiger partial charge in [-0.2, -0.15) is 0 Å². The molecule has 8 heteroatoms. The van der Waals surface area contributed by atoms with Crippen LogP contribution >= 0.6 is 0 Å². The fourth-order valence-electron chi connectivity index (χ4n) is 3.07. The van der Waals surface area contributed by atoms with Crippen molar-refractivity contribution in [1.29, 1.82) is 0 Å². The second-order valence-corrected chi connectivity index (χ2v) is 6.62. The molecule has 0 aliphatic heterocycles. The molecule has 0 fully saturated rings. The number of aryl methyl sites for hydroxylation is 1. The topological polar surface area (TPSA) is 115 Å². The summed E-state index contributed by atoms with van der Waals surface area (Å²) in [5.74, 6) is 0.789. The Balaban J connectivity index is 1.46. The Morgan fingerprint density at radius 1 is 1.07 bits per heavy atom. The van der Waals surface area contributed by atoms with Gasteiger partial charge in [0.15, 0.2) is 11.5 Å². The normalized spacial score (nSPS) is 11.2. The van der Waals surface area contributed by atoms with Crippen molar-refractivity contribution in [3.8, 4) is 0 Å².